The lowest BCUT2D eigenvalue weighted by molar-refractivity contribution is -0.135. The molecule has 2 amide bonds. The number of hydrogen-bond donors (Lipinski definition) is 1. The van der Waals surface area contributed by atoms with E-state index in [1.54, 1.807) is 32.0 Å². The van der Waals surface area contributed by atoms with Gasteiger partial charge in [0.15, 0.2) is 22.9 Å². The predicted molar refractivity (Wildman–Crippen MR) is 145 cm³/mol. The number of ether oxygens (including phenoxy) is 2. The number of methoxy groups -OCH3 is 1. The van der Waals surface area contributed by atoms with Gasteiger partial charge in [-0.05, 0) is 57.0 Å². The minimum absolute atomic E-state index is 0.0239. The van der Waals surface area contributed by atoms with E-state index in [9.17, 15) is 22.8 Å². The average Bonchev–Trinajstić information content (AvgIpc) is 3.50. The fourth-order valence-electron chi connectivity index (χ4n) is 4.92. The number of fused-ring (bicyclic) bond motifs is 1. The van der Waals surface area contributed by atoms with Crippen LogP contribution in [-0.4, -0.2) is 48.5 Å². The van der Waals surface area contributed by atoms with Crippen molar-refractivity contribution in [2.45, 2.75) is 46.2 Å². The number of unbranched alkanes of at least 4 members (excludes halogenated alkanes) is 1. The number of carbonyl (C=O) groups excluding carboxylic acids is 2. The number of alkyl halides is 1. The molecule has 3 aromatic rings. The first-order valence-electron chi connectivity index (χ1n) is 13.2. The first-order chi connectivity index (χ1) is 19.6. The lowest BCUT2D eigenvalue weighted by Crippen LogP contribution is -2.35. The number of benzene rings is 2. The normalized spacial score (nSPS) is 16.6. The second-order valence-electron chi connectivity index (χ2n) is 10.3. The van der Waals surface area contributed by atoms with E-state index in [2.05, 4.69) is 15.6 Å². The molecule has 9 nitrogen and oxygen atoms in total. The Balaban J connectivity index is 1.23. The molecule has 0 saturated heterocycles. The minimum Gasteiger partial charge on any atom is -0.493 e. The smallest absolute Gasteiger partial charge is 0.254 e. The van der Waals surface area contributed by atoms with Crippen LogP contribution in [0.3, 0.4) is 0 Å². The second-order valence-corrected chi connectivity index (χ2v) is 10.3. The van der Waals surface area contributed by atoms with E-state index in [0.29, 0.717) is 40.8 Å². The summed E-state index contributed by atoms with van der Waals surface area (Å²) in [6, 6.07) is 7.76. The van der Waals surface area contributed by atoms with Gasteiger partial charge in [0.25, 0.3) is 5.91 Å². The molecule has 216 valence electrons. The number of nitrogens with one attached hydrogen (secondary N) is 1. The predicted octanol–water partition coefficient (Wildman–Crippen LogP) is 5.23. The highest BCUT2D eigenvalue weighted by atomic mass is 19.2. The van der Waals surface area contributed by atoms with Crippen LogP contribution in [0.15, 0.2) is 45.0 Å². The van der Waals surface area contributed by atoms with E-state index in [0.717, 1.165) is 0 Å². The Hall–Kier alpha value is -4.35. The molecule has 12 heteroatoms. The number of amides is 2. The molecule has 41 heavy (non-hydrogen) atoms. The SMILES string of the molecule is COc1ccc(C2=NN(CCCCOc3ccc(C4=NNC(=O)CC4)c(F)c3F)C(=O)C2(C)C)c2cc(CF)oc12. The average molecular weight is 571 g/mol. The van der Waals surface area contributed by atoms with Crippen molar-refractivity contribution in [1.29, 1.82) is 0 Å². The first-order valence-corrected chi connectivity index (χ1v) is 13.2. The van der Waals surface area contributed by atoms with Crippen LogP contribution < -0.4 is 14.9 Å². The lowest BCUT2D eigenvalue weighted by Gasteiger charge is -2.20. The third-order valence-electron chi connectivity index (χ3n) is 7.17. The van der Waals surface area contributed by atoms with Gasteiger partial charge in [-0.15, -0.1) is 0 Å². The summed E-state index contributed by atoms with van der Waals surface area (Å²) in [5.74, 6) is -2.34. The van der Waals surface area contributed by atoms with Crippen molar-refractivity contribution in [1.82, 2.24) is 10.4 Å². The van der Waals surface area contributed by atoms with E-state index in [1.165, 1.54) is 24.3 Å². The molecule has 3 heterocycles. The molecule has 0 spiro atoms. The van der Waals surface area contributed by atoms with Gasteiger partial charge in [0.1, 0.15) is 12.4 Å². The van der Waals surface area contributed by atoms with Gasteiger partial charge in [-0.3, -0.25) is 9.59 Å². The van der Waals surface area contributed by atoms with Crippen molar-refractivity contribution >= 4 is 34.2 Å². The highest BCUT2D eigenvalue weighted by molar-refractivity contribution is 6.23. The van der Waals surface area contributed by atoms with Gasteiger partial charge in [-0.2, -0.15) is 14.6 Å². The Morgan fingerprint density at radius 3 is 2.51 bits per heavy atom. The van der Waals surface area contributed by atoms with Gasteiger partial charge in [0.2, 0.25) is 11.7 Å². The summed E-state index contributed by atoms with van der Waals surface area (Å²) in [4.78, 5) is 24.5. The molecule has 2 aromatic carbocycles. The third kappa shape index (κ3) is 5.25. The molecule has 0 fully saturated rings. The molecule has 0 radical (unpaired) electrons. The number of carbonyl (C=O) groups is 2. The lowest BCUT2D eigenvalue weighted by atomic mass is 9.82. The van der Waals surface area contributed by atoms with Crippen LogP contribution in [0.2, 0.25) is 0 Å². The quantitative estimate of drug-likeness (QED) is 0.336. The number of hydrazone groups is 2. The summed E-state index contributed by atoms with van der Waals surface area (Å²) in [7, 11) is 1.49. The van der Waals surface area contributed by atoms with Crippen molar-refractivity contribution in [3.8, 4) is 11.5 Å². The van der Waals surface area contributed by atoms with Crippen molar-refractivity contribution in [3.63, 3.8) is 0 Å². The maximum absolute atomic E-state index is 14.6. The Kier molecular flexibility index (Phi) is 7.74. The van der Waals surface area contributed by atoms with Gasteiger partial charge in [-0.25, -0.2) is 19.2 Å². The zero-order chi connectivity index (χ0) is 29.3. The number of rotatable bonds is 10. The van der Waals surface area contributed by atoms with Gasteiger partial charge < -0.3 is 13.9 Å². The maximum atomic E-state index is 14.6. The van der Waals surface area contributed by atoms with Crippen LogP contribution in [0.1, 0.15) is 56.4 Å². The van der Waals surface area contributed by atoms with Crippen LogP contribution >= 0.6 is 0 Å². The van der Waals surface area contributed by atoms with Crippen molar-refractivity contribution in [2.24, 2.45) is 15.6 Å². The number of hydrogen-bond acceptors (Lipinski definition) is 7. The van der Waals surface area contributed by atoms with Crippen LogP contribution in [0.5, 0.6) is 11.5 Å². The van der Waals surface area contributed by atoms with Crippen LogP contribution in [0, 0.1) is 17.0 Å². The van der Waals surface area contributed by atoms with Gasteiger partial charge in [-0.1, -0.05) is 0 Å². The van der Waals surface area contributed by atoms with E-state index in [4.69, 9.17) is 13.9 Å². The standard InChI is InChI=1S/C29H29F3N4O5/c1-29(2)27(17-6-10-22(39-3)26-19(17)14-16(15-30)41-26)35-36(28(29)38)12-4-5-13-40-21-9-7-18(24(31)25(21)32)20-8-11-23(37)34-33-20/h6-7,9-10,14H,4-5,8,11-13,15H2,1-3H3,(H,34,37). The fraction of sp³-hybridized carbons (Fsp3) is 0.379. The summed E-state index contributed by atoms with van der Waals surface area (Å²) in [5.41, 5.74) is 3.12. The third-order valence-corrected chi connectivity index (χ3v) is 7.17. The molecule has 2 aliphatic heterocycles. The van der Waals surface area contributed by atoms with Crippen molar-refractivity contribution in [3.05, 3.63) is 58.9 Å². The van der Waals surface area contributed by atoms with Crippen LogP contribution in [-0.2, 0) is 16.3 Å². The van der Waals surface area contributed by atoms with Gasteiger partial charge in [0, 0.05) is 35.9 Å². The molecule has 2 aliphatic rings. The summed E-state index contributed by atoms with van der Waals surface area (Å²) >= 11 is 0. The highest BCUT2D eigenvalue weighted by Crippen LogP contribution is 2.38. The largest absolute Gasteiger partial charge is 0.493 e. The van der Waals surface area contributed by atoms with Gasteiger partial charge >= 0.3 is 0 Å². The van der Waals surface area contributed by atoms with Crippen molar-refractivity contribution in [2.75, 3.05) is 20.3 Å². The first kappa shape index (κ1) is 28.2. The van der Waals surface area contributed by atoms with E-state index >= 15 is 0 Å². The maximum Gasteiger partial charge on any atom is 0.254 e. The van der Waals surface area contributed by atoms with E-state index < -0.39 is 23.7 Å². The number of halogens is 3. The minimum atomic E-state index is -1.13. The highest BCUT2D eigenvalue weighted by Gasteiger charge is 2.44. The van der Waals surface area contributed by atoms with Gasteiger partial charge in [0.05, 0.1) is 30.6 Å². The number of nitrogens with zero attached hydrogens (tertiary/aromatic N) is 3. The zero-order valence-corrected chi connectivity index (χ0v) is 22.9. The zero-order valence-electron chi connectivity index (χ0n) is 22.9. The Morgan fingerprint density at radius 2 is 1.80 bits per heavy atom. The molecular weight excluding hydrogens is 541 g/mol. The van der Waals surface area contributed by atoms with E-state index in [1.807, 2.05) is 0 Å². The molecule has 0 aliphatic carbocycles. The molecule has 1 N–H and O–H groups in total. The van der Waals surface area contributed by atoms with E-state index in [-0.39, 0.29) is 60.6 Å². The van der Waals surface area contributed by atoms with Crippen LogP contribution in [0.4, 0.5) is 13.2 Å². The fourth-order valence-corrected chi connectivity index (χ4v) is 4.92. The molecule has 5 rings (SSSR count). The summed E-state index contributed by atoms with van der Waals surface area (Å²) < 4.78 is 59.0. The summed E-state index contributed by atoms with van der Waals surface area (Å²) in [6.07, 6.45) is 1.30. The Labute approximate surface area is 234 Å². The summed E-state index contributed by atoms with van der Waals surface area (Å²) in [6.45, 7) is 3.15. The molecule has 0 saturated carbocycles. The topological polar surface area (TPSA) is 106 Å². The van der Waals surface area contributed by atoms with Crippen molar-refractivity contribution < 1.29 is 36.7 Å². The second kappa shape index (κ2) is 11.3. The number of furan rings is 1. The Bertz CT molecular complexity index is 1580. The molecule has 0 unspecified atom stereocenters. The van der Waals surface area contributed by atoms with Crippen LogP contribution in [0.25, 0.3) is 11.0 Å². The monoisotopic (exact) mass is 570 g/mol. The Morgan fingerprint density at radius 1 is 1.05 bits per heavy atom. The summed E-state index contributed by atoms with van der Waals surface area (Å²) in [5, 5.41) is 10.4. The molecular formula is C29H29F3N4O5. The molecule has 0 bridgehead atoms. The molecule has 0 atom stereocenters. The molecule has 1 aromatic heterocycles.